The number of esters is 1. The monoisotopic (exact) mass is 438 g/mol. The average molecular weight is 439 g/mol. The molecule has 0 spiro atoms. The van der Waals surface area contributed by atoms with Gasteiger partial charge in [0.2, 0.25) is 0 Å². The summed E-state index contributed by atoms with van der Waals surface area (Å²) in [7, 11) is 0. The molecule has 172 valence electrons. The molecule has 1 aliphatic rings. The van der Waals surface area contributed by atoms with Crippen molar-refractivity contribution in [3.05, 3.63) is 83.5 Å². The van der Waals surface area contributed by atoms with Crippen molar-refractivity contribution in [2.75, 3.05) is 6.61 Å². The molecule has 0 fully saturated rings. The van der Waals surface area contributed by atoms with Crippen LogP contribution in [0.15, 0.2) is 77.9 Å². The van der Waals surface area contributed by atoms with Gasteiger partial charge in [-0.1, -0.05) is 48.9 Å². The molecule has 3 atom stereocenters. The lowest BCUT2D eigenvalue weighted by Crippen LogP contribution is -2.40. The SMILES string of the molecule is CC(C)=CCC[C@]1(C)/C=C/[C@@H](OC(=O)c2ccccc2)[C@](C)(O)/C=C/C(=O)/C(CO)=C\C1. The first-order valence-corrected chi connectivity index (χ1v) is 10.9. The molecule has 0 heterocycles. The highest BCUT2D eigenvalue weighted by Crippen LogP contribution is 2.33. The van der Waals surface area contributed by atoms with Crippen LogP contribution in [0.5, 0.6) is 0 Å². The number of aliphatic hydroxyl groups excluding tert-OH is 1. The highest BCUT2D eigenvalue weighted by Gasteiger charge is 2.33. The van der Waals surface area contributed by atoms with Crippen LogP contribution in [0.3, 0.4) is 0 Å². The molecule has 2 rings (SSSR count). The van der Waals surface area contributed by atoms with E-state index in [2.05, 4.69) is 13.0 Å². The van der Waals surface area contributed by atoms with Crippen LogP contribution < -0.4 is 0 Å². The van der Waals surface area contributed by atoms with E-state index in [0.29, 0.717) is 12.0 Å². The van der Waals surface area contributed by atoms with E-state index in [9.17, 15) is 19.8 Å². The highest BCUT2D eigenvalue weighted by atomic mass is 16.6. The summed E-state index contributed by atoms with van der Waals surface area (Å²) in [6, 6.07) is 8.57. The number of rotatable bonds is 6. The lowest BCUT2D eigenvalue weighted by molar-refractivity contribution is -0.111. The van der Waals surface area contributed by atoms with E-state index in [0.717, 1.165) is 12.8 Å². The van der Waals surface area contributed by atoms with Gasteiger partial charge in [-0.05, 0) is 75.8 Å². The molecule has 0 aromatic heterocycles. The second-order valence-corrected chi connectivity index (χ2v) is 9.04. The molecule has 32 heavy (non-hydrogen) atoms. The number of carbonyl (C=O) groups excluding carboxylic acids is 2. The standard InChI is InChI=1S/C27H34O5/c1-20(2)9-8-15-26(3)16-12-22(19-28)23(29)13-18-27(4,31)24(14-17-26)32-25(30)21-10-6-5-7-11-21/h5-7,9-14,17-18,24,28,31H,8,15-16,19H2,1-4H3/b17-14+,18-13+,22-12-/t24-,26+,27-/m1/s1. The largest absolute Gasteiger partial charge is 0.451 e. The maximum Gasteiger partial charge on any atom is 0.338 e. The molecule has 0 saturated carbocycles. The lowest BCUT2D eigenvalue weighted by Gasteiger charge is -2.30. The van der Waals surface area contributed by atoms with Gasteiger partial charge in [0, 0.05) is 5.57 Å². The Morgan fingerprint density at radius 2 is 1.88 bits per heavy atom. The first-order valence-electron chi connectivity index (χ1n) is 10.9. The third kappa shape index (κ3) is 7.43. The maximum atomic E-state index is 12.7. The zero-order valence-corrected chi connectivity index (χ0v) is 19.4. The van der Waals surface area contributed by atoms with E-state index in [1.807, 2.05) is 19.9 Å². The predicted octanol–water partition coefficient (Wildman–Crippen LogP) is 4.72. The third-order valence-electron chi connectivity index (χ3n) is 5.63. The Morgan fingerprint density at radius 1 is 1.19 bits per heavy atom. The fourth-order valence-corrected chi connectivity index (χ4v) is 3.42. The van der Waals surface area contributed by atoms with E-state index in [4.69, 9.17) is 4.74 Å². The van der Waals surface area contributed by atoms with Crippen LogP contribution in [0.4, 0.5) is 0 Å². The molecule has 2 N–H and O–H groups in total. The van der Waals surface area contributed by atoms with Crippen molar-refractivity contribution in [2.24, 2.45) is 5.41 Å². The van der Waals surface area contributed by atoms with E-state index < -0.39 is 17.7 Å². The summed E-state index contributed by atoms with van der Waals surface area (Å²) < 4.78 is 5.67. The number of carbonyl (C=O) groups is 2. The first-order chi connectivity index (χ1) is 15.1. The van der Waals surface area contributed by atoms with Crippen LogP contribution in [0.1, 0.15) is 57.3 Å². The van der Waals surface area contributed by atoms with Gasteiger partial charge in [-0.3, -0.25) is 4.79 Å². The van der Waals surface area contributed by atoms with Gasteiger partial charge in [-0.25, -0.2) is 4.79 Å². The summed E-state index contributed by atoms with van der Waals surface area (Å²) in [6.45, 7) is 7.24. The van der Waals surface area contributed by atoms with Gasteiger partial charge in [-0.15, -0.1) is 0 Å². The molecule has 1 aromatic carbocycles. The number of hydrogen-bond acceptors (Lipinski definition) is 5. The van der Waals surface area contributed by atoms with E-state index in [1.165, 1.54) is 24.6 Å². The van der Waals surface area contributed by atoms with Crippen LogP contribution in [0.2, 0.25) is 0 Å². The zero-order valence-electron chi connectivity index (χ0n) is 19.4. The van der Waals surface area contributed by atoms with Gasteiger partial charge < -0.3 is 14.9 Å². The maximum absolute atomic E-state index is 12.7. The Labute approximate surface area is 190 Å². The smallest absolute Gasteiger partial charge is 0.338 e. The molecule has 0 radical (unpaired) electrons. The van der Waals surface area contributed by atoms with Crippen molar-refractivity contribution in [1.82, 2.24) is 0 Å². The van der Waals surface area contributed by atoms with E-state index in [-0.39, 0.29) is 23.4 Å². The number of benzene rings is 1. The molecular formula is C27H34O5. The van der Waals surface area contributed by atoms with Crippen molar-refractivity contribution in [3.8, 4) is 0 Å². The molecular weight excluding hydrogens is 404 g/mol. The number of allylic oxidation sites excluding steroid dienone is 5. The van der Waals surface area contributed by atoms with E-state index in [1.54, 1.807) is 42.5 Å². The molecule has 5 heteroatoms. The Balaban J connectivity index is 2.43. The minimum atomic E-state index is -1.62. The summed E-state index contributed by atoms with van der Waals surface area (Å²) in [5.41, 5.74) is -0.120. The van der Waals surface area contributed by atoms with Crippen LogP contribution in [-0.4, -0.2) is 40.3 Å². The lowest BCUT2D eigenvalue weighted by atomic mass is 9.80. The summed E-state index contributed by atoms with van der Waals surface area (Å²) in [5, 5.41) is 20.8. The van der Waals surface area contributed by atoms with Gasteiger partial charge in [0.15, 0.2) is 11.9 Å². The molecule has 1 aliphatic carbocycles. The van der Waals surface area contributed by atoms with Crippen molar-refractivity contribution in [1.29, 1.82) is 0 Å². The zero-order chi connectivity index (χ0) is 23.8. The second-order valence-electron chi connectivity index (χ2n) is 9.04. The topological polar surface area (TPSA) is 83.8 Å². The minimum absolute atomic E-state index is 0.276. The van der Waals surface area contributed by atoms with Gasteiger partial charge in [0.1, 0.15) is 5.60 Å². The summed E-state index contributed by atoms with van der Waals surface area (Å²) in [5.74, 6) is -0.940. The average Bonchev–Trinajstić information content (AvgIpc) is 2.76. The van der Waals surface area contributed by atoms with Crippen molar-refractivity contribution < 1.29 is 24.5 Å². The van der Waals surface area contributed by atoms with Gasteiger partial charge in [0.05, 0.1) is 12.2 Å². The van der Waals surface area contributed by atoms with Crippen LogP contribution in [0, 0.1) is 5.41 Å². The normalized spacial score (nSPS) is 29.8. The van der Waals surface area contributed by atoms with Crippen molar-refractivity contribution in [2.45, 2.75) is 58.7 Å². The Hall–Kier alpha value is -2.76. The Morgan fingerprint density at radius 3 is 2.50 bits per heavy atom. The molecule has 0 bridgehead atoms. The number of hydrogen-bond donors (Lipinski definition) is 2. The predicted molar refractivity (Wildman–Crippen MR) is 126 cm³/mol. The van der Waals surface area contributed by atoms with Crippen LogP contribution in [0.25, 0.3) is 0 Å². The highest BCUT2D eigenvalue weighted by molar-refractivity contribution is 6.04. The van der Waals surface area contributed by atoms with Gasteiger partial charge >= 0.3 is 5.97 Å². The number of aliphatic hydroxyl groups is 2. The van der Waals surface area contributed by atoms with Gasteiger partial charge in [-0.2, -0.15) is 0 Å². The van der Waals surface area contributed by atoms with Gasteiger partial charge in [0.25, 0.3) is 0 Å². The molecule has 0 unspecified atom stereocenters. The van der Waals surface area contributed by atoms with Crippen LogP contribution in [-0.2, 0) is 9.53 Å². The molecule has 0 aliphatic heterocycles. The molecule has 0 saturated heterocycles. The third-order valence-corrected chi connectivity index (χ3v) is 5.63. The molecule has 5 nitrogen and oxygen atoms in total. The number of ketones is 1. The Bertz CT molecular complexity index is 917. The van der Waals surface area contributed by atoms with Crippen molar-refractivity contribution >= 4 is 11.8 Å². The summed E-state index contributed by atoms with van der Waals surface area (Å²) in [6.07, 6.45) is 11.2. The minimum Gasteiger partial charge on any atom is -0.451 e. The van der Waals surface area contributed by atoms with E-state index >= 15 is 0 Å². The fourth-order valence-electron chi connectivity index (χ4n) is 3.42. The quantitative estimate of drug-likeness (QED) is 0.496. The first kappa shape index (κ1) is 25.5. The molecule has 0 amide bonds. The summed E-state index contributed by atoms with van der Waals surface area (Å²) in [4.78, 5) is 25.2. The van der Waals surface area contributed by atoms with Crippen LogP contribution >= 0.6 is 0 Å². The number of ether oxygens (including phenoxy) is 1. The van der Waals surface area contributed by atoms with Crippen molar-refractivity contribution in [3.63, 3.8) is 0 Å². The fraction of sp³-hybridized carbons (Fsp3) is 0.407. The second kappa shape index (κ2) is 11.2. The summed E-state index contributed by atoms with van der Waals surface area (Å²) >= 11 is 0. The molecule has 1 aromatic rings. The Kier molecular flexibility index (Phi) is 8.93.